The van der Waals surface area contributed by atoms with Gasteiger partial charge in [0.05, 0.1) is 5.69 Å². The molecule has 6 aliphatic carbocycles. The van der Waals surface area contributed by atoms with Crippen molar-refractivity contribution in [3.05, 3.63) is 138 Å². The molecule has 1 spiro atoms. The Labute approximate surface area is 293 Å². The first kappa shape index (κ1) is 29.8. The number of rotatable bonds is 4. The molecule has 0 aliphatic heterocycles. The first-order chi connectivity index (χ1) is 23.7. The second kappa shape index (κ2) is 10.5. The van der Waals surface area contributed by atoms with Crippen molar-refractivity contribution in [3.63, 3.8) is 0 Å². The van der Waals surface area contributed by atoms with Crippen LogP contribution >= 0.6 is 0 Å². The SMILES string of the molecule is CC1(C)CCC(C)(C)c2cc(N(c3ccc(-c4ccccc4)cc3)c3cccc4c3-c3ccccc3C43C4CC5CC(C4)CC3C5)ccc21. The van der Waals surface area contributed by atoms with E-state index in [1.165, 1.54) is 95.4 Å². The maximum Gasteiger partial charge on any atom is 0.0543 e. The molecule has 4 bridgehead atoms. The Bertz CT molecular complexity index is 2050. The Balaban J connectivity index is 1.20. The molecule has 0 N–H and O–H groups in total. The summed E-state index contributed by atoms with van der Waals surface area (Å²) in [6.45, 7) is 9.78. The Morgan fingerprint density at radius 2 is 1.08 bits per heavy atom. The number of hydrogen-bond donors (Lipinski definition) is 0. The maximum atomic E-state index is 2.61. The van der Waals surface area contributed by atoms with Crippen LogP contribution in [0, 0.1) is 23.7 Å². The van der Waals surface area contributed by atoms with Gasteiger partial charge >= 0.3 is 0 Å². The lowest BCUT2D eigenvalue weighted by Crippen LogP contribution is -2.55. The van der Waals surface area contributed by atoms with E-state index in [9.17, 15) is 0 Å². The van der Waals surface area contributed by atoms with E-state index in [1.807, 2.05) is 0 Å². The number of nitrogens with zero attached hydrogens (tertiary/aromatic N) is 1. The zero-order chi connectivity index (χ0) is 33.1. The van der Waals surface area contributed by atoms with Gasteiger partial charge in [-0.15, -0.1) is 0 Å². The highest BCUT2D eigenvalue weighted by Crippen LogP contribution is 2.70. The maximum absolute atomic E-state index is 2.61. The van der Waals surface area contributed by atoms with E-state index in [1.54, 1.807) is 11.1 Å². The number of hydrogen-bond acceptors (Lipinski definition) is 1. The van der Waals surface area contributed by atoms with Crippen LogP contribution in [0.3, 0.4) is 0 Å². The van der Waals surface area contributed by atoms with Gasteiger partial charge in [-0.3, -0.25) is 0 Å². The van der Waals surface area contributed by atoms with Crippen molar-refractivity contribution in [1.82, 2.24) is 0 Å². The summed E-state index contributed by atoms with van der Waals surface area (Å²) in [6, 6.07) is 44.5. The van der Waals surface area contributed by atoms with Gasteiger partial charge in [0.1, 0.15) is 0 Å². The van der Waals surface area contributed by atoms with Crippen LogP contribution in [-0.4, -0.2) is 0 Å². The second-order valence-electron chi connectivity index (χ2n) is 17.7. The van der Waals surface area contributed by atoms with Gasteiger partial charge < -0.3 is 4.90 Å². The van der Waals surface area contributed by atoms with Gasteiger partial charge in [0.2, 0.25) is 0 Å². The van der Waals surface area contributed by atoms with Crippen molar-refractivity contribution in [2.24, 2.45) is 23.7 Å². The van der Waals surface area contributed by atoms with Crippen LogP contribution in [-0.2, 0) is 16.2 Å². The third kappa shape index (κ3) is 4.24. The highest BCUT2D eigenvalue weighted by Gasteiger charge is 2.61. The quantitative estimate of drug-likeness (QED) is 0.189. The molecule has 5 aromatic rings. The standard InChI is InChI=1S/C48H49N/c1-46(2)23-24-47(3,4)43-30-38(21-22-41(43)46)49(37-19-17-34(18-20-37)33-11-6-5-7-12-33)44-16-10-15-42-45(44)39-13-8-9-14-40(39)48(42)35-26-31-25-32(28-35)29-36(48)27-31/h5-22,30-32,35-36H,23-29H2,1-4H3. The molecule has 0 atom stereocenters. The van der Waals surface area contributed by atoms with Gasteiger partial charge in [0.25, 0.3) is 0 Å². The first-order valence-corrected chi connectivity index (χ1v) is 19.1. The lowest BCUT2D eigenvalue weighted by Gasteiger charge is -2.61. The molecule has 0 saturated heterocycles. The van der Waals surface area contributed by atoms with Crippen LogP contribution in [0.25, 0.3) is 22.3 Å². The average Bonchev–Trinajstić information content (AvgIpc) is 3.41. The predicted octanol–water partition coefficient (Wildman–Crippen LogP) is 12.9. The Hall–Kier alpha value is -4.10. The predicted molar refractivity (Wildman–Crippen MR) is 205 cm³/mol. The van der Waals surface area contributed by atoms with Gasteiger partial charge in [-0.1, -0.05) is 113 Å². The molecule has 11 rings (SSSR count). The molecule has 0 amide bonds. The Morgan fingerprint density at radius 3 is 1.80 bits per heavy atom. The summed E-state index contributed by atoms with van der Waals surface area (Å²) in [5, 5.41) is 0. The summed E-state index contributed by atoms with van der Waals surface area (Å²) in [4.78, 5) is 2.61. The minimum Gasteiger partial charge on any atom is -0.310 e. The molecule has 1 heteroatoms. The molecule has 6 aliphatic rings. The fourth-order valence-corrected chi connectivity index (χ4v) is 11.9. The van der Waals surface area contributed by atoms with E-state index in [2.05, 4.69) is 148 Å². The third-order valence-corrected chi connectivity index (χ3v) is 14.1. The monoisotopic (exact) mass is 639 g/mol. The summed E-state index contributed by atoms with van der Waals surface area (Å²) < 4.78 is 0. The molecule has 1 nitrogen and oxygen atoms in total. The fourth-order valence-electron chi connectivity index (χ4n) is 11.9. The molecule has 5 aromatic carbocycles. The average molecular weight is 640 g/mol. The van der Waals surface area contributed by atoms with Crippen LogP contribution in [0.4, 0.5) is 17.1 Å². The molecular weight excluding hydrogens is 591 g/mol. The zero-order valence-corrected chi connectivity index (χ0v) is 29.7. The molecule has 246 valence electrons. The molecular formula is C48H49N. The van der Waals surface area contributed by atoms with Crippen LogP contribution in [0.15, 0.2) is 115 Å². The Morgan fingerprint density at radius 1 is 0.490 bits per heavy atom. The van der Waals surface area contributed by atoms with E-state index in [0.717, 1.165) is 23.7 Å². The van der Waals surface area contributed by atoms with Crippen molar-refractivity contribution >= 4 is 17.1 Å². The van der Waals surface area contributed by atoms with E-state index in [-0.39, 0.29) is 16.2 Å². The third-order valence-electron chi connectivity index (χ3n) is 14.1. The minimum absolute atomic E-state index is 0.138. The van der Waals surface area contributed by atoms with Gasteiger partial charge in [-0.25, -0.2) is 0 Å². The molecule has 0 unspecified atom stereocenters. The topological polar surface area (TPSA) is 3.24 Å². The van der Waals surface area contributed by atoms with Crippen molar-refractivity contribution in [2.45, 2.75) is 88.9 Å². The van der Waals surface area contributed by atoms with Gasteiger partial charge in [-0.2, -0.15) is 0 Å². The van der Waals surface area contributed by atoms with Gasteiger partial charge in [0, 0.05) is 22.4 Å². The van der Waals surface area contributed by atoms with Crippen LogP contribution < -0.4 is 4.90 Å². The van der Waals surface area contributed by atoms with Crippen molar-refractivity contribution in [1.29, 1.82) is 0 Å². The van der Waals surface area contributed by atoms with Gasteiger partial charge in [-0.05, 0) is 149 Å². The van der Waals surface area contributed by atoms with E-state index in [0.29, 0.717) is 0 Å². The van der Waals surface area contributed by atoms with E-state index >= 15 is 0 Å². The normalized spacial score (nSPS) is 27.8. The molecule has 4 fully saturated rings. The lowest BCUT2D eigenvalue weighted by atomic mass is 9.43. The second-order valence-corrected chi connectivity index (χ2v) is 17.7. The van der Waals surface area contributed by atoms with Crippen molar-refractivity contribution in [3.8, 4) is 22.3 Å². The molecule has 4 saturated carbocycles. The molecule has 0 heterocycles. The number of benzene rings is 5. The fraction of sp³-hybridized carbons (Fsp3) is 0.375. The van der Waals surface area contributed by atoms with E-state index < -0.39 is 0 Å². The first-order valence-electron chi connectivity index (χ1n) is 19.1. The summed E-state index contributed by atoms with van der Waals surface area (Å²) in [7, 11) is 0. The van der Waals surface area contributed by atoms with E-state index in [4.69, 9.17) is 0 Å². The highest BCUT2D eigenvalue weighted by molar-refractivity contribution is 5.95. The summed E-state index contributed by atoms with van der Waals surface area (Å²) in [5.41, 5.74) is 16.1. The number of anilines is 3. The largest absolute Gasteiger partial charge is 0.310 e. The molecule has 0 radical (unpaired) electrons. The minimum atomic E-state index is 0.138. The van der Waals surface area contributed by atoms with Crippen molar-refractivity contribution in [2.75, 3.05) is 4.90 Å². The summed E-state index contributed by atoms with van der Waals surface area (Å²) in [5.74, 6) is 3.39. The van der Waals surface area contributed by atoms with Crippen LogP contribution in [0.5, 0.6) is 0 Å². The summed E-state index contributed by atoms with van der Waals surface area (Å²) in [6.07, 6.45) is 9.55. The molecule has 0 aromatic heterocycles. The summed E-state index contributed by atoms with van der Waals surface area (Å²) >= 11 is 0. The Kier molecular flexibility index (Phi) is 6.36. The zero-order valence-electron chi connectivity index (χ0n) is 29.7. The van der Waals surface area contributed by atoms with Crippen molar-refractivity contribution < 1.29 is 0 Å². The highest BCUT2D eigenvalue weighted by atomic mass is 15.1. The van der Waals surface area contributed by atoms with Crippen LogP contribution in [0.2, 0.25) is 0 Å². The number of fused-ring (bicyclic) bond motifs is 4. The van der Waals surface area contributed by atoms with Gasteiger partial charge in [0.15, 0.2) is 0 Å². The van der Waals surface area contributed by atoms with Crippen LogP contribution in [0.1, 0.15) is 94.9 Å². The molecule has 49 heavy (non-hydrogen) atoms. The lowest BCUT2D eigenvalue weighted by molar-refractivity contribution is -0.0399. The smallest absolute Gasteiger partial charge is 0.0543 e.